The summed E-state index contributed by atoms with van der Waals surface area (Å²) in [5.41, 5.74) is 9.03. The average molecular weight is 494 g/mol. The maximum absolute atomic E-state index is 12.9. The van der Waals surface area contributed by atoms with Gasteiger partial charge in [0.2, 0.25) is 0 Å². The molecule has 0 spiro atoms. The third kappa shape index (κ3) is 5.43. The van der Waals surface area contributed by atoms with Crippen molar-refractivity contribution in [3.05, 3.63) is 101 Å². The van der Waals surface area contributed by atoms with Gasteiger partial charge in [0.15, 0.2) is 0 Å². The molecule has 0 aliphatic heterocycles. The Balaban J connectivity index is 1.55. The maximum Gasteiger partial charge on any atom is 0.335 e. The number of hydrogen-bond donors (Lipinski definition) is 3. The molecule has 0 radical (unpaired) electrons. The molecule has 2 heterocycles. The van der Waals surface area contributed by atoms with Gasteiger partial charge < -0.3 is 20.5 Å². The molecule has 2 unspecified atom stereocenters. The van der Waals surface area contributed by atoms with Crippen molar-refractivity contribution in [2.24, 2.45) is 0 Å². The zero-order chi connectivity index (χ0) is 24.1. The van der Waals surface area contributed by atoms with Gasteiger partial charge in [-0.2, -0.15) is 0 Å². The highest BCUT2D eigenvalue weighted by Crippen LogP contribution is 2.57. The predicted octanol–water partition coefficient (Wildman–Crippen LogP) is 5.76. The minimum atomic E-state index is -3.94. The topological polar surface area (TPSA) is 115 Å². The number of nitrogens with zero attached hydrogens (tertiary/aromatic N) is 1. The van der Waals surface area contributed by atoms with Crippen LogP contribution in [0.5, 0.6) is 0 Å². The van der Waals surface area contributed by atoms with E-state index in [-0.39, 0.29) is 12.3 Å². The molecule has 4 N–H and O–H groups in total. The fourth-order valence-electron chi connectivity index (χ4n) is 3.60. The highest BCUT2D eigenvalue weighted by molar-refractivity contribution is 7.53. The van der Waals surface area contributed by atoms with Gasteiger partial charge in [0.25, 0.3) is 5.91 Å². The van der Waals surface area contributed by atoms with Crippen LogP contribution in [0.15, 0.2) is 84.5 Å². The summed E-state index contributed by atoms with van der Waals surface area (Å²) in [4.78, 5) is 28.5. The van der Waals surface area contributed by atoms with Crippen molar-refractivity contribution in [1.29, 1.82) is 0 Å². The fourth-order valence-corrected chi connectivity index (χ4v) is 5.57. The van der Waals surface area contributed by atoms with Gasteiger partial charge >= 0.3 is 7.60 Å². The van der Waals surface area contributed by atoms with Crippen molar-refractivity contribution in [1.82, 2.24) is 4.98 Å². The molecular weight excluding hydrogens is 469 g/mol. The number of rotatable bonds is 8. The van der Waals surface area contributed by atoms with Gasteiger partial charge in [0.1, 0.15) is 0 Å². The number of aromatic nitrogens is 1. The van der Waals surface area contributed by atoms with Gasteiger partial charge in [-0.25, -0.2) is 0 Å². The van der Waals surface area contributed by atoms with Crippen LogP contribution < -0.4 is 11.1 Å². The third-order valence-electron chi connectivity index (χ3n) is 5.47. The third-order valence-corrected chi connectivity index (χ3v) is 8.18. The first-order chi connectivity index (χ1) is 16.4. The van der Waals surface area contributed by atoms with Gasteiger partial charge in [0.05, 0.1) is 17.0 Å². The van der Waals surface area contributed by atoms with Crippen LogP contribution in [0.25, 0.3) is 10.4 Å². The van der Waals surface area contributed by atoms with Gasteiger partial charge in [-0.3, -0.25) is 14.3 Å². The highest BCUT2D eigenvalue weighted by atomic mass is 32.1. The second kappa shape index (κ2) is 10.3. The molecule has 174 valence electrons. The van der Waals surface area contributed by atoms with Crippen LogP contribution in [0.3, 0.4) is 0 Å². The van der Waals surface area contributed by atoms with E-state index in [1.165, 1.54) is 7.11 Å². The quantitative estimate of drug-likeness (QED) is 0.212. The molecule has 2 atom stereocenters. The van der Waals surface area contributed by atoms with Crippen molar-refractivity contribution < 1.29 is 18.8 Å². The minimum absolute atomic E-state index is 0.271. The molecule has 0 saturated carbocycles. The Morgan fingerprint density at radius 2 is 1.97 bits per heavy atom. The second-order valence-electron chi connectivity index (χ2n) is 7.68. The molecule has 0 fully saturated rings. The lowest BCUT2D eigenvalue weighted by molar-refractivity contribution is 0.102. The lowest BCUT2D eigenvalue weighted by atomic mass is 10.0. The molecule has 34 heavy (non-hydrogen) atoms. The summed E-state index contributed by atoms with van der Waals surface area (Å²) in [5, 5.41) is 4.85. The predicted molar refractivity (Wildman–Crippen MR) is 136 cm³/mol. The summed E-state index contributed by atoms with van der Waals surface area (Å²) in [6.45, 7) is 0. The van der Waals surface area contributed by atoms with Crippen molar-refractivity contribution in [2.45, 2.75) is 12.1 Å². The smallest absolute Gasteiger partial charge is 0.335 e. The Kier molecular flexibility index (Phi) is 7.24. The molecule has 0 aliphatic carbocycles. The zero-order valence-electron chi connectivity index (χ0n) is 18.4. The van der Waals surface area contributed by atoms with Crippen LogP contribution in [0.1, 0.15) is 27.1 Å². The Hall–Kier alpha value is -3.29. The lowest BCUT2D eigenvalue weighted by Gasteiger charge is -2.22. The number of amides is 1. The minimum Gasteiger partial charge on any atom is -0.397 e. The summed E-state index contributed by atoms with van der Waals surface area (Å²) in [6, 6.07) is 19.7. The summed E-state index contributed by atoms with van der Waals surface area (Å²) in [7, 11) is -2.73. The lowest BCUT2D eigenvalue weighted by Crippen LogP contribution is -2.13. The monoisotopic (exact) mass is 493 g/mol. The molecule has 7 nitrogen and oxygen atoms in total. The number of pyridine rings is 1. The first-order valence-electron chi connectivity index (χ1n) is 10.5. The van der Waals surface area contributed by atoms with Crippen LogP contribution in [-0.4, -0.2) is 22.9 Å². The Labute approximate surface area is 201 Å². The first-order valence-corrected chi connectivity index (χ1v) is 13.0. The zero-order valence-corrected chi connectivity index (χ0v) is 20.1. The van der Waals surface area contributed by atoms with E-state index in [1.807, 2.05) is 35.7 Å². The molecule has 9 heteroatoms. The molecule has 2 aromatic carbocycles. The number of nitrogen functional groups attached to an aromatic ring is 1. The van der Waals surface area contributed by atoms with Crippen LogP contribution in [0.2, 0.25) is 0 Å². The van der Waals surface area contributed by atoms with E-state index in [1.54, 1.807) is 60.1 Å². The van der Waals surface area contributed by atoms with Crippen LogP contribution in [0, 0.1) is 0 Å². The summed E-state index contributed by atoms with van der Waals surface area (Å²) < 4.78 is 17.7. The van der Waals surface area contributed by atoms with E-state index in [4.69, 9.17) is 10.3 Å². The molecule has 0 bridgehead atoms. The van der Waals surface area contributed by atoms with Crippen molar-refractivity contribution in [3.63, 3.8) is 0 Å². The number of nitrogens with one attached hydrogen (secondary N) is 1. The molecule has 2 aromatic heterocycles. The normalized spacial score (nSPS) is 13.7. The van der Waals surface area contributed by atoms with E-state index < -0.39 is 13.3 Å². The SMILES string of the molecule is COP(=O)(O)C(Cc1cccnc1)c1ccc(C(=O)Nc2cc(-c3cccs3)ccc2N)cc1. The fraction of sp³-hybridized carbons (Fsp3) is 0.120. The number of nitrogens with two attached hydrogens (primary N) is 1. The number of hydrogen-bond acceptors (Lipinski definition) is 6. The van der Waals surface area contributed by atoms with Crippen molar-refractivity contribution in [2.75, 3.05) is 18.2 Å². The molecular formula is C25H24N3O4PS. The van der Waals surface area contributed by atoms with Gasteiger partial charge in [-0.05, 0) is 64.9 Å². The van der Waals surface area contributed by atoms with E-state index >= 15 is 0 Å². The van der Waals surface area contributed by atoms with Crippen molar-refractivity contribution in [3.8, 4) is 10.4 Å². The summed E-state index contributed by atoms with van der Waals surface area (Å²) in [6.07, 6.45) is 3.57. The van der Waals surface area contributed by atoms with Crippen LogP contribution >= 0.6 is 18.9 Å². The molecule has 4 rings (SSSR count). The molecule has 0 aliphatic rings. The van der Waals surface area contributed by atoms with Gasteiger partial charge in [0, 0.05) is 29.9 Å². The van der Waals surface area contributed by atoms with E-state index in [9.17, 15) is 14.3 Å². The number of thiophene rings is 1. The van der Waals surface area contributed by atoms with E-state index in [2.05, 4.69) is 10.3 Å². The standard InChI is InChI=1S/C25H24N3O4PS/c1-32-33(30,31)23(14-17-4-2-12-27-16-17)18-6-8-19(9-7-18)25(29)28-22-15-20(10-11-21(22)26)24-5-3-13-34-24/h2-13,15-16,23H,14,26H2,1H3,(H,28,29)(H,30,31). The Morgan fingerprint density at radius 3 is 2.62 bits per heavy atom. The van der Waals surface area contributed by atoms with Crippen LogP contribution in [0.4, 0.5) is 11.4 Å². The molecule has 0 saturated heterocycles. The highest BCUT2D eigenvalue weighted by Gasteiger charge is 2.33. The van der Waals surface area contributed by atoms with E-state index in [0.29, 0.717) is 22.5 Å². The largest absolute Gasteiger partial charge is 0.397 e. The summed E-state index contributed by atoms with van der Waals surface area (Å²) in [5.74, 6) is -0.329. The molecule has 1 amide bonds. The summed E-state index contributed by atoms with van der Waals surface area (Å²) >= 11 is 1.60. The Bertz CT molecular complexity index is 1310. The van der Waals surface area contributed by atoms with Crippen LogP contribution in [-0.2, 0) is 15.5 Å². The van der Waals surface area contributed by atoms with Gasteiger partial charge in [-0.15, -0.1) is 11.3 Å². The number of anilines is 2. The molecule has 4 aromatic rings. The number of benzene rings is 2. The number of carbonyl (C=O) groups excluding carboxylic acids is 1. The van der Waals surface area contributed by atoms with E-state index in [0.717, 1.165) is 16.0 Å². The van der Waals surface area contributed by atoms with Crippen molar-refractivity contribution >= 4 is 36.2 Å². The second-order valence-corrected chi connectivity index (χ2v) is 10.7. The van der Waals surface area contributed by atoms with Gasteiger partial charge in [-0.1, -0.05) is 30.3 Å². The first kappa shape index (κ1) is 23.9. The maximum atomic E-state index is 12.9. The average Bonchev–Trinajstić information content (AvgIpc) is 3.40. The Morgan fingerprint density at radius 1 is 1.18 bits per heavy atom. The number of carbonyl (C=O) groups is 1.